The molecular weight excluding hydrogens is 208 g/mol. The molecule has 2 N–H and O–H groups in total. The fourth-order valence-electron chi connectivity index (χ4n) is 1.30. The minimum Gasteiger partial charge on any atom is -0.388 e. The zero-order chi connectivity index (χ0) is 10.8. The maximum atomic E-state index is 5.59. The predicted octanol–water partition coefficient (Wildman–Crippen LogP) is 1.21. The summed E-state index contributed by atoms with van der Waals surface area (Å²) in [6.45, 7) is 1.89. The van der Waals surface area contributed by atoms with Gasteiger partial charge in [-0.25, -0.2) is 0 Å². The smallest absolute Gasteiger partial charge is 0.159 e. The largest absolute Gasteiger partial charge is 0.388 e. The number of nitrogens with zero attached hydrogens (tertiary/aromatic N) is 3. The van der Waals surface area contributed by atoms with Gasteiger partial charge in [0.2, 0.25) is 0 Å². The van der Waals surface area contributed by atoms with Crippen LogP contribution in [0.2, 0.25) is 0 Å². The lowest BCUT2D eigenvalue weighted by molar-refractivity contribution is 0.892. The SMILES string of the molecule is Cc1ccc(-n2cccc2C(N)=S)nn1. The van der Waals surface area contributed by atoms with E-state index in [1.54, 1.807) is 0 Å². The van der Waals surface area contributed by atoms with Gasteiger partial charge in [0.15, 0.2) is 5.82 Å². The van der Waals surface area contributed by atoms with E-state index in [4.69, 9.17) is 18.0 Å². The topological polar surface area (TPSA) is 56.7 Å². The Morgan fingerprint density at radius 3 is 2.73 bits per heavy atom. The van der Waals surface area contributed by atoms with Crippen LogP contribution in [-0.2, 0) is 0 Å². The molecule has 0 aliphatic rings. The summed E-state index contributed by atoms with van der Waals surface area (Å²) >= 11 is 4.94. The molecule has 0 amide bonds. The molecule has 4 nitrogen and oxygen atoms in total. The second-order valence-corrected chi connectivity index (χ2v) is 3.60. The monoisotopic (exact) mass is 218 g/mol. The molecule has 0 atom stereocenters. The van der Waals surface area contributed by atoms with Crippen LogP contribution in [0.3, 0.4) is 0 Å². The van der Waals surface area contributed by atoms with Gasteiger partial charge < -0.3 is 5.73 Å². The third kappa shape index (κ3) is 1.87. The summed E-state index contributed by atoms with van der Waals surface area (Å²) in [4.78, 5) is 0.349. The van der Waals surface area contributed by atoms with Crippen LogP contribution in [0.4, 0.5) is 0 Å². The van der Waals surface area contributed by atoms with Crippen molar-refractivity contribution < 1.29 is 0 Å². The Bertz CT molecular complexity index is 486. The molecule has 0 saturated carbocycles. The van der Waals surface area contributed by atoms with Crippen LogP contribution in [0.1, 0.15) is 11.4 Å². The van der Waals surface area contributed by atoms with Crippen molar-refractivity contribution in [1.29, 1.82) is 0 Å². The normalized spacial score (nSPS) is 10.2. The summed E-state index contributed by atoms with van der Waals surface area (Å²) in [5.74, 6) is 0.716. The predicted molar refractivity (Wildman–Crippen MR) is 62.0 cm³/mol. The summed E-state index contributed by atoms with van der Waals surface area (Å²) < 4.78 is 1.81. The van der Waals surface area contributed by atoms with Crippen molar-refractivity contribution in [2.45, 2.75) is 6.92 Å². The van der Waals surface area contributed by atoms with E-state index in [2.05, 4.69) is 10.2 Å². The van der Waals surface area contributed by atoms with E-state index in [0.29, 0.717) is 10.8 Å². The van der Waals surface area contributed by atoms with E-state index in [1.165, 1.54) is 0 Å². The number of thiocarbonyl (C=S) groups is 1. The highest BCUT2D eigenvalue weighted by atomic mass is 32.1. The molecule has 0 radical (unpaired) electrons. The Morgan fingerprint density at radius 2 is 2.13 bits per heavy atom. The lowest BCUT2D eigenvalue weighted by atomic mass is 10.4. The summed E-state index contributed by atoms with van der Waals surface area (Å²) in [5, 5.41) is 8.04. The first-order chi connectivity index (χ1) is 7.18. The minimum atomic E-state index is 0.349. The number of hydrogen-bond acceptors (Lipinski definition) is 3. The Labute approximate surface area is 92.7 Å². The zero-order valence-corrected chi connectivity index (χ0v) is 9.03. The number of rotatable bonds is 2. The van der Waals surface area contributed by atoms with E-state index in [1.807, 2.05) is 42.0 Å². The summed E-state index contributed by atoms with van der Waals surface area (Å²) in [5.41, 5.74) is 7.23. The molecule has 0 spiro atoms. The molecule has 2 rings (SSSR count). The van der Waals surface area contributed by atoms with Crippen LogP contribution in [0, 0.1) is 6.92 Å². The highest BCUT2D eigenvalue weighted by Crippen LogP contribution is 2.09. The molecule has 0 bridgehead atoms. The fourth-order valence-corrected chi connectivity index (χ4v) is 1.47. The minimum absolute atomic E-state index is 0.349. The average molecular weight is 218 g/mol. The molecular formula is C10H10N4S. The van der Waals surface area contributed by atoms with E-state index in [-0.39, 0.29) is 0 Å². The molecule has 0 aliphatic heterocycles. The van der Waals surface area contributed by atoms with Crippen molar-refractivity contribution in [3.63, 3.8) is 0 Å². The van der Waals surface area contributed by atoms with E-state index >= 15 is 0 Å². The van der Waals surface area contributed by atoms with Gasteiger partial charge in [-0.2, -0.15) is 5.10 Å². The number of nitrogens with two attached hydrogens (primary N) is 1. The summed E-state index contributed by atoms with van der Waals surface area (Å²) in [7, 11) is 0. The Kier molecular flexibility index (Phi) is 2.47. The summed E-state index contributed by atoms with van der Waals surface area (Å²) in [6, 6.07) is 7.50. The van der Waals surface area contributed by atoms with Crippen molar-refractivity contribution in [2.75, 3.05) is 0 Å². The first-order valence-corrected chi connectivity index (χ1v) is 4.87. The molecule has 76 valence electrons. The van der Waals surface area contributed by atoms with Gasteiger partial charge in [-0.05, 0) is 31.2 Å². The van der Waals surface area contributed by atoms with Gasteiger partial charge in [-0.15, -0.1) is 5.10 Å². The molecule has 0 saturated heterocycles. The van der Waals surface area contributed by atoms with Crippen LogP contribution >= 0.6 is 12.2 Å². The van der Waals surface area contributed by atoms with E-state index < -0.39 is 0 Å². The van der Waals surface area contributed by atoms with Gasteiger partial charge in [0.05, 0.1) is 11.4 Å². The van der Waals surface area contributed by atoms with Crippen LogP contribution < -0.4 is 5.73 Å². The lowest BCUT2D eigenvalue weighted by Gasteiger charge is -2.05. The average Bonchev–Trinajstić information content (AvgIpc) is 2.67. The Balaban J connectivity index is 2.49. The molecule has 0 fully saturated rings. The second kappa shape index (κ2) is 3.78. The Hall–Kier alpha value is -1.75. The van der Waals surface area contributed by atoms with Crippen molar-refractivity contribution in [3.8, 4) is 5.82 Å². The maximum Gasteiger partial charge on any atom is 0.159 e. The standard InChI is InChI=1S/C10H10N4S/c1-7-4-5-9(13-12-7)14-6-2-3-8(14)10(11)15/h2-6H,1H3,(H2,11,15). The van der Waals surface area contributed by atoms with Gasteiger partial charge in [-0.1, -0.05) is 12.2 Å². The van der Waals surface area contributed by atoms with Gasteiger partial charge in [-0.3, -0.25) is 4.57 Å². The Morgan fingerprint density at radius 1 is 1.33 bits per heavy atom. The van der Waals surface area contributed by atoms with Crippen LogP contribution in [0.5, 0.6) is 0 Å². The molecule has 0 unspecified atom stereocenters. The third-order valence-electron chi connectivity index (χ3n) is 2.03. The van der Waals surface area contributed by atoms with Crippen molar-refractivity contribution in [1.82, 2.24) is 14.8 Å². The van der Waals surface area contributed by atoms with Crippen molar-refractivity contribution in [2.24, 2.45) is 5.73 Å². The van der Waals surface area contributed by atoms with E-state index in [0.717, 1.165) is 11.4 Å². The first kappa shape index (κ1) is 9.79. The molecule has 15 heavy (non-hydrogen) atoms. The van der Waals surface area contributed by atoms with Crippen LogP contribution in [0.15, 0.2) is 30.5 Å². The molecule has 2 aromatic heterocycles. The van der Waals surface area contributed by atoms with Crippen LogP contribution in [-0.4, -0.2) is 19.8 Å². The van der Waals surface area contributed by atoms with Gasteiger partial charge >= 0.3 is 0 Å². The van der Waals surface area contributed by atoms with Gasteiger partial charge in [0, 0.05) is 6.20 Å². The van der Waals surface area contributed by atoms with Gasteiger partial charge in [0.25, 0.3) is 0 Å². The molecule has 0 aliphatic carbocycles. The second-order valence-electron chi connectivity index (χ2n) is 3.16. The summed E-state index contributed by atoms with van der Waals surface area (Å²) in [6.07, 6.45) is 1.86. The molecule has 0 aromatic carbocycles. The maximum absolute atomic E-state index is 5.59. The number of aromatic nitrogens is 3. The fraction of sp³-hybridized carbons (Fsp3) is 0.100. The van der Waals surface area contributed by atoms with Crippen LogP contribution in [0.25, 0.3) is 5.82 Å². The molecule has 5 heteroatoms. The highest BCUT2D eigenvalue weighted by Gasteiger charge is 2.06. The van der Waals surface area contributed by atoms with Crippen molar-refractivity contribution in [3.05, 3.63) is 41.9 Å². The quantitative estimate of drug-likeness (QED) is 0.770. The zero-order valence-electron chi connectivity index (χ0n) is 8.21. The lowest BCUT2D eigenvalue weighted by Crippen LogP contribution is -2.15. The van der Waals surface area contributed by atoms with Crippen molar-refractivity contribution >= 4 is 17.2 Å². The third-order valence-corrected chi connectivity index (χ3v) is 2.24. The van der Waals surface area contributed by atoms with E-state index in [9.17, 15) is 0 Å². The molecule has 2 aromatic rings. The first-order valence-electron chi connectivity index (χ1n) is 4.46. The number of aryl methyl sites for hydroxylation is 1. The molecule has 2 heterocycles. The number of hydrogen-bond donors (Lipinski definition) is 1. The van der Waals surface area contributed by atoms with Gasteiger partial charge in [0.1, 0.15) is 4.99 Å². The highest BCUT2D eigenvalue weighted by molar-refractivity contribution is 7.80.